The zero-order chi connectivity index (χ0) is 32.6. The van der Waals surface area contributed by atoms with E-state index in [1.165, 1.54) is 5.56 Å². The first-order chi connectivity index (χ1) is 24.3. The van der Waals surface area contributed by atoms with Gasteiger partial charge in [-0.3, -0.25) is 4.98 Å². The molecule has 0 fully saturated rings. The first-order valence-electron chi connectivity index (χ1n) is 16.3. The molecule has 0 amide bonds. The van der Waals surface area contributed by atoms with E-state index in [0.717, 1.165) is 77.8 Å². The number of para-hydroxylation sites is 2. The number of nitrogens with zero attached hydrogens (tertiary/aromatic N) is 3. The highest BCUT2D eigenvalue weighted by atomic mass is 16.3. The van der Waals surface area contributed by atoms with Crippen LogP contribution in [-0.4, -0.2) is 15.0 Å². The summed E-state index contributed by atoms with van der Waals surface area (Å²) < 4.78 is 6.39. The van der Waals surface area contributed by atoms with Crippen molar-refractivity contribution in [3.63, 3.8) is 0 Å². The number of furan rings is 1. The van der Waals surface area contributed by atoms with Gasteiger partial charge in [-0.15, -0.1) is 0 Å². The molecular weight excluding hydrogens is 599 g/mol. The lowest BCUT2D eigenvalue weighted by Crippen LogP contribution is -1.96. The van der Waals surface area contributed by atoms with E-state index >= 15 is 0 Å². The van der Waals surface area contributed by atoms with Gasteiger partial charge in [0, 0.05) is 45.4 Å². The van der Waals surface area contributed by atoms with E-state index in [9.17, 15) is 0 Å². The highest BCUT2D eigenvalue weighted by Crippen LogP contribution is 2.37. The molecule has 49 heavy (non-hydrogen) atoms. The Morgan fingerprint density at radius 2 is 0.980 bits per heavy atom. The molecule has 0 saturated carbocycles. The maximum absolute atomic E-state index is 6.39. The van der Waals surface area contributed by atoms with Gasteiger partial charge in [0.2, 0.25) is 0 Å². The zero-order valence-electron chi connectivity index (χ0n) is 26.5. The molecule has 3 heterocycles. The van der Waals surface area contributed by atoms with Crippen molar-refractivity contribution in [2.45, 2.75) is 0 Å². The van der Waals surface area contributed by atoms with Crippen LogP contribution in [0.4, 0.5) is 0 Å². The fourth-order valence-corrected chi connectivity index (χ4v) is 6.50. The maximum Gasteiger partial charge on any atom is 0.160 e. The van der Waals surface area contributed by atoms with E-state index in [1.54, 1.807) is 6.20 Å². The van der Waals surface area contributed by atoms with Gasteiger partial charge in [0.05, 0.1) is 11.4 Å². The maximum atomic E-state index is 6.39. The Morgan fingerprint density at radius 3 is 1.78 bits per heavy atom. The van der Waals surface area contributed by atoms with Crippen molar-refractivity contribution in [3.05, 3.63) is 176 Å². The van der Waals surface area contributed by atoms with Gasteiger partial charge in [0.1, 0.15) is 11.2 Å². The molecule has 9 rings (SSSR count). The first kappa shape index (κ1) is 28.6. The summed E-state index contributed by atoms with van der Waals surface area (Å²) in [5, 5.41) is 2.23. The molecule has 0 spiro atoms. The standard InChI is InChI=1S/C45H29N3O/c1-2-9-30(10-3-1)31-18-22-33(23-19-31)41-28-42(48-45(47-41)34-24-20-32(21-25-34)37-13-8-26-46-29-37)36-12-6-11-35(27-36)38-15-7-16-40-39-14-4-5-17-43(39)49-44(38)40/h1-29H. The monoisotopic (exact) mass is 627 g/mol. The predicted molar refractivity (Wildman–Crippen MR) is 200 cm³/mol. The number of hydrogen-bond donors (Lipinski definition) is 0. The topological polar surface area (TPSA) is 51.8 Å². The molecule has 6 aromatic carbocycles. The van der Waals surface area contributed by atoms with E-state index in [4.69, 9.17) is 14.4 Å². The Hall–Kier alpha value is -6.65. The summed E-state index contributed by atoms with van der Waals surface area (Å²) in [6.45, 7) is 0. The molecule has 0 aliphatic rings. The van der Waals surface area contributed by atoms with Crippen LogP contribution < -0.4 is 0 Å². The van der Waals surface area contributed by atoms with E-state index < -0.39 is 0 Å². The molecule has 0 saturated heterocycles. The van der Waals surface area contributed by atoms with Crippen LogP contribution in [0.1, 0.15) is 0 Å². The third kappa shape index (κ3) is 5.45. The molecule has 4 heteroatoms. The quantitative estimate of drug-likeness (QED) is 0.184. The average Bonchev–Trinajstić information content (AvgIpc) is 3.58. The van der Waals surface area contributed by atoms with Crippen molar-refractivity contribution < 1.29 is 4.42 Å². The Labute approximate surface area is 284 Å². The minimum atomic E-state index is 0.669. The molecular formula is C45H29N3O. The molecule has 4 nitrogen and oxygen atoms in total. The lowest BCUT2D eigenvalue weighted by Gasteiger charge is -2.12. The van der Waals surface area contributed by atoms with Crippen LogP contribution >= 0.6 is 0 Å². The summed E-state index contributed by atoms with van der Waals surface area (Å²) in [6, 6.07) is 56.6. The van der Waals surface area contributed by atoms with Gasteiger partial charge >= 0.3 is 0 Å². The zero-order valence-corrected chi connectivity index (χ0v) is 26.5. The predicted octanol–water partition coefficient (Wildman–Crippen LogP) is 11.8. The third-order valence-electron chi connectivity index (χ3n) is 9.03. The normalized spacial score (nSPS) is 11.3. The number of pyridine rings is 1. The molecule has 3 aromatic heterocycles. The fraction of sp³-hybridized carbons (Fsp3) is 0. The Morgan fingerprint density at radius 1 is 0.388 bits per heavy atom. The molecule has 0 radical (unpaired) electrons. The molecule has 9 aromatic rings. The van der Waals surface area contributed by atoms with E-state index in [1.807, 2.05) is 30.5 Å². The third-order valence-corrected chi connectivity index (χ3v) is 9.03. The average molecular weight is 628 g/mol. The first-order valence-corrected chi connectivity index (χ1v) is 16.3. The minimum Gasteiger partial charge on any atom is -0.455 e. The Kier molecular flexibility index (Phi) is 7.10. The van der Waals surface area contributed by atoms with E-state index in [2.05, 4.69) is 145 Å². The summed E-state index contributed by atoms with van der Waals surface area (Å²) in [7, 11) is 0. The number of rotatable bonds is 6. The van der Waals surface area contributed by atoms with Crippen LogP contribution in [-0.2, 0) is 0 Å². The number of aromatic nitrogens is 3. The highest BCUT2D eigenvalue weighted by molar-refractivity contribution is 6.09. The molecule has 0 N–H and O–H groups in total. The SMILES string of the molecule is c1ccc(-c2ccc(-c3cc(-c4cccc(-c5cccc6c5oc5ccccc56)c4)nc(-c4ccc(-c5cccnc5)cc4)n3)cc2)cc1. The lowest BCUT2D eigenvalue weighted by molar-refractivity contribution is 0.670. The van der Waals surface area contributed by atoms with Crippen LogP contribution in [0.5, 0.6) is 0 Å². The molecule has 0 atom stereocenters. The van der Waals surface area contributed by atoms with Gasteiger partial charge in [-0.1, -0.05) is 140 Å². The van der Waals surface area contributed by atoms with E-state index in [-0.39, 0.29) is 0 Å². The fourth-order valence-electron chi connectivity index (χ4n) is 6.50. The summed E-state index contributed by atoms with van der Waals surface area (Å²) >= 11 is 0. The van der Waals surface area contributed by atoms with Crippen molar-refractivity contribution in [2.24, 2.45) is 0 Å². The largest absolute Gasteiger partial charge is 0.455 e. The molecule has 0 unspecified atom stereocenters. The Balaban J connectivity index is 1.16. The second-order valence-corrected chi connectivity index (χ2v) is 12.1. The van der Waals surface area contributed by atoms with Crippen molar-refractivity contribution >= 4 is 21.9 Å². The summed E-state index contributed by atoms with van der Waals surface area (Å²) in [6.07, 6.45) is 3.67. The van der Waals surface area contributed by atoms with Crippen molar-refractivity contribution in [2.75, 3.05) is 0 Å². The summed E-state index contributed by atoms with van der Waals surface area (Å²) in [5.41, 5.74) is 13.1. The van der Waals surface area contributed by atoms with Crippen LogP contribution in [0.3, 0.4) is 0 Å². The van der Waals surface area contributed by atoms with E-state index in [0.29, 0.717) is 5.82 Å². The van der Waals surface area contributed by atoms with Gasteiger partial charge in [-0.05, 0) is 52.1 Å². The van der Waals surface area contributed by atoms with Crippen LogP contribution in [0.15, 0.2) is 181 Å². The van der Waals surface area contributed by atoms with Gasteiger partial charge in [-0.2, -0.15) is 0 Å². The lowest BCUT2D eigenvalue weighted by atomic mass is 9.98. The van der Waals surface area contributed by atoms with Gasteiger partial charge in [0.25, 0.3) is 0 Å². The number of benzene rings is 6. The molecule has 230 valence electrons. The summed E-state index contributed by atoms with van der Waals surface area (Å²) in [4.78, 5) is 14.5. The summed E-state index contributed by atoms with van der Waals surface area (Å²) in [5.74, 6) is 0.669. The van der Waals surface area contributed by atoms with Crippen molar-refractivity contribution in [1.82, 2.24) is 15.0 Å². The molecule has 0 aliphatic heterocycles. The van der Waals surface area contributed by atoms with Crippen LogP contribution in [0, 0.1) is 0 Å². The molecule has 0 aliphatic carbocycles. The number of hydrogen-bond acceptors (Lipinski definition) is 4. The van der Waals surface area contributed by atoms with Crippen molar-refractivity contribution in [1.29, 1.82) is 0 Å². The second kappa shape index (κ2) is 12.2. The van der Waals surface area contributed by atoms with Crippen LogP contribution in [0.25, 0.3) is 89.2 Å². The van der Waals surface area contributed by atoms with Gasteiger partial charge in [0.15, 0.2) is 5.82 Å². The van der Waals surface area contributed by atoms with Crippen molar-refractivity contribution in [3.8, 4) is 67.3 Å². The van der Waals surface area contributed by atoms with Gasteiger partial charge < -0.3 is 4.42 Å². The minimum absolute atomic E-state index is 0.669. The Bertz CT molecular complexity index is 2470. The molecule has 0 bridgehead atoms. The van der Waals surface area contributed by atoms with Crippen LogP contribution in [0.2, 0.25) is 0 Å². The highest BCUT2D eigenvalue weighted by Gasteiger charge is 2.15. The second-order valence-electron chi connectivity index (χ2n) is 12.1. The smallest absolute Gasteiger partial charge is 0.160 e. The van der Waals surface area contributed by atoms with Gasteiger partial charge in [-0.25, -0.2) is 9.97 Å². The number of fused-ring (bicyclic) bond motifs is 3.